The lowest BCUT2D eigenvalue weighted by Crippen LogP contribution is -2.47. The van der Waals surface area contributed by atoms with E-state index in [4.69, 9.17) is 4.74 Å². The Morgan fingerprint density at radius 2 is 1.69 bits per heavy atom. The van der Waals surface area contributed by atoms with Crippen LogP contribution >= 0.6 is 0 Å². The highest BCUT2D eigenvalue weighted by Crippen LogP contribution is 2.28. The highest BCUT2D eigenvalue weighted by Gasteiger charge is 2.24. The van der Waals surface area contributed by atoms with Crippen molar-refractivity contribution in [2.24, 2.45) is 0 Å². The van der Waals surface area contributed by atoms with Gasteiger partial charge in [-0.25, -0.2) is 0 Å². The summed E-state index contributed by atoms with van der Waals surface area (Å²) in [6.45, 7) is 5.25. The Balaban J connectivity index is 1.26. The first-order valence-electron chi connectivity index (χ1n) is 12.5. The number of fused-ring (bicyclic) bond motifs is 1. The van der Waals surface area contributed by atoms with E-state index in [-0.39, 0.29) is 5.91 Å². The fourth-order valence-corrected chi connectivity index (χ4v) is 5.24. The average Bonchev–Trinajstić information content (AvgIpc) is 3.32. The van der Waals surface area contributed by atoms with Gasteiger partial charge in [-0.2, -0.15) is 0 Å². The van der Waals surface area contributed by atoms with Crippen LogP contribution in [0.2, 0.25) is 0 Å². The third kappa shape index (κ3) is 5.03. The molecule has 8 nitrogen and oxygen atoms in total. The van der Waals surface area contributed by atoms with E-state index in [1.807, 2.05) is 36.4 Å². The molecule has 3 heterocycles. The summed E-state index contributed by atoms with van der Waals surface area (Å²) in [5.41, 5.74) is 1.60. The third-order valence-electron chi connectivity index (χ3n) is 7.33. The van der Waals surface area contributed by atoms with Gasteiger partial charge in [-0.15, -0.1) is 10.2 Å². The standard InChI is InChI=1S/C27H34N6O2/c1-31-15-5-6-20(31)13-14-28-27(34)25-23-7-3-4-8-24(23)26(30-29-25)33-18-16-32(17-19-33)21-9-11-22(35-2)12-10-21/h3-4,7-12,20H,5-6,13-19H2,1-2H3,(H,28,34). The van der Waals surface area contributed by atoms with Crippen LogP contribution in [-0.4, -0.2) is 80.5 Å². The molecule has 0 spiro atoms. The average molecular weight is 475 g/mol. The van der Waals surface area contributed by atoms with Crippen molar-refractivity contribution < 1.29 is 9.53 Å². The van der Waals surface area contributed by atoms with Gasteiger partial charge in [0.15, 0.2) is 11.5 Å². The predicted molar refractivity (Wildman–Crippen MR) is 140 cm³/mol. The van der Waals surface area contributed by atoms with Gasteiger partial charge in [0.2, 0.25) is 0 Å². The Bertz CT molecular complexity index is 1160. The number of anilines is 2. The second-order valence-electron chi connectivity index (χ2n) is 9.41. The molecular formula is C27H34N6O2. The Labute approximate surface area is 206 Å². The summed E-state index contributed by atoms with van der Waals surface area (Å²) in [5, 5.41) is 13.8. The molecule has 5 rings (SSSR count). The predicted octanol–water partition coefficient (Wildman–Crippen LogP) is 3.18. The third-order valence-corrected chi connectivity index (χ3v) is 7.33. The zero-order valence-corrected chi connectivity index (χ0v) is 20.6. The number of hydrogen-bond donors (Lipinski definition) is 1. The van der Waals surface area contributed by atoms with Gasteiger partial charge in [0.1, 0.15) is 5.75 Å². The number of carbonyl (C=O) groups is 1. The molecule has 1 N–H and O–H groups in total. The molecule has 2 fully saturated rings. The largest absolute Gasteiger partial charge is 0.497 e. The van der Waals surface area contributed by atoms with Crippen LogP contribution in [0.1, 0.15) is 29.8 Å². The lowest BCUT2D eigenvalue weighted by atomic mass is 10.1. The molecule has 2 aliphatic heterocycles. The van der Waals surface area contributed by atoms with Crippen LogP contribution in [0.15, 0.2) is 48.5 Å². The molecule has 1 unspecified atom stereocenters. The first-order chi connectivity index (χ1) is 17.1. The number of amides is 1. The van der Waals surface area contributed by atoms with E-state index in [2.05, 4.69) is 49.4 Å². The van der Waals surface area contributed by atoms with E-state index < -0.39 is 0 Å². The van der Waals surface area contributed by atoms with Gasteiger partial charge >= 0.3 is 0 Å². The normalized spacial score (nSPS) is 18.7. The van der Waals surface area contributed by atoms with Gasteiger partial charge in [0.05, 0.1) is 7.11 Å². The smallest absolute Gasteiger partial charge is 0.272 e. The van der Waals surface area contributed by atoms with E-state index >= 15 is 0 Å². The highest BCUT2D eigenvalue weighted by molar-refractivity contribution is 6.07. The second-order valence-corrected chi connectivity index (χ2v) is 9.41. The number of nitrogens with one attached hydrogen (secondary N) is 1. The number of rotatable bonds is 7. The minimum Gasteiger partial charge on any atom is -0.497 e. The van der Waals surface area contributed by atoms with Crippen molar-refractivity contribution in [1.29, 1.82) is 0 Å². The van der Waals surface area contributed by atoms with Crippen molar-refractivity contribution in [2.75, 3.05) is 63.2 Å². The lowest BCUT2D eigenvalue weighted by Gasteiger charge is -2.37. The summed E-state index contributed by atoms with van der Waals surface area (Å²) < 4.78 is 5.28. The van der Waals surface area contributed by atoms with Crippen LogP contribution in [0.4, 0.5) is 11.5 Å². The summed E-state index contributed by atoms with van der Waals surface area (Å²) in [7, 11) is 3.84. The Morgan fingerprint density at radius 1 is 0.971 bits per heavy atom. The molecule has 1 amide bonds. The SMILES string of the molecule is COc1ccc(N2CCN(c3nnc(C(=O)NCCC4CCCN4C)c4ccccc34)CC2)cc1. The van der Waals surface area contributed by atoms with E-state index in [1.54, 1.807) is 7.11 Å². The van der Waals surface area contributed by atoms with Gasteiger partial charge in [-0.3, -0.25) is 4.79 Å². The Kier molecular flexibility index (Phi) is 6.99. The van der Waals surface area contributed by atoms with Crippen molar-refractivity contribution in [3.63, 3.8) is 0 Å². The molecule has 1 aromatic heterocycles. The quantitative estimate of drug-likeness (QED) is 0.564. The summed E-state index contributed by atoms with van der Waals surface area (Å²) >= 11 is 0. The number of nitrogens with zero attached hydrogens (tertiary/aromatic N) is 5. The second kappa shape index (κ2) is 10.5. The summed E-state index contributed by atoms with van der Waals surface area (Å²) in [6, 6.07) is 16.7. The first-order valence-corrected chi connectivity index (χ1v) is 12.5. The van der Waals surface area contributed by atoms with Crippen molar-refractivity contribution in [2.45, 2.75) is 25.3 Å². The number of carbonyl (C=O) groups excluding carboxylic acids is 1. The number of benzene rings is 2. The summed E-state index contributed by atoms with van der Waals surface area (Å²) in [6.07, 6.45) is 3.40. The van der Waals surface area contributed by atoms with Crippen molar-refractivity contribution in [3.05, 3.63) is 54.2 Å². The topological polar surface area (TPSA) is 73.8 Å². The molecule has 0 aliphatic carbocycles. The van der Waals surface area contributed by atoms with Gasteiger partial charge in [-0.1, -0.05) is 24.3 Å². The Morgan fingerprint density at radius 3 is 2.37 bits per heavy atom. The summed E-state index contributed by atoms with van der Waals surface area (Å²) in [4.78, 5) is 20.0. The number of ether oxygens (including phenoxy) is 1. The molecule has 0 saturated carbocycles. The number of likely N-dealkylation sites (tertiary alicyclic amines) is 1. The molecule has 3 aromatic rings. The maximum Gasteiger partial charge on any atom is 0.272 e. The van der Waals surface area contributed by atoms with Crippen LogP contribution in [0.5, 0.6) is 5.75 Å². The number of piperazine rings is 1. The van der Waals surface area contributed by atoms with Crippen LogP contribution in [0.3, 0.4) is 0 Å². The zero-order valence-electron chi connectivity index (χ0n) is 20.6. The highest BCUT2D eigenvalue weighted by atomic mass is 16.5. The monoisotopic (exact) mass is 474 g/mol. The van der Waals surface area contributed by atoms with E-state index in [1.165, 1.54) is 18.5 Å². The molecule has 1 atom stereocenters. The Hall–Kier alpha value is -3.39. The number of methoxy groups -OCH3 is 1. The van der Waals surface area contributed by atoms with Gasteiger partial charge in [0, 0.05) is 55.2 Å². The van der Waals surface area contributed by atoms with E-state index in [9.17, 15) is 4.79 Å². The van der Waals surface area contributed by atoms with Gasteiger partial charge in [0.25, 0.3) is 5.91 Å². The molecule has 0 radical (unpaired) electrons. The molecular weight excluding hydrogens is 440 g/mol. The molecule has 2 saturated heterocycles. The molecule has 35 heavy (non-hydrogen) atoms. The molecule has 2 aromatic carbocycles. The minimum atomic E-state index is -0.148. The zero-order chi connectivity index (χ0) is 24.2. The van der Waals surface area contributed by atoms with Crippen LogP contribution in [0.25, 0.3) is 10.8 Å². The van der Waals surface area contributed by atoms with Crippen LogP contribution in [-0.2, 0) is 0 Å². The molecule has 184 valence electrons. The molecule has 8 heteroatoms. The first kappa shape index (κ1) is 23.4. The molecule has 0 bridgehead atoms. The van der Waals surface area contributed by atoms with Gasteiger partial charge < -0.3 is 24.8 Å². The van der Waals surface area contributed by atoms with Crippen LogP contribution < -0.4 is 19.9 Å². The minimum absolute atomic E-state index is 0.148. The fraction of sp³-hybridized carbons (Fsp3) is 0.444. The van der Waals surface area contributed by atoms with Crippen LogP contribution in [0, 0.1) is 0 Å². The lowest BCUT2D eigenvalue weighted by molar-refractivity contribution is 0.0946. The summed E-state index contributed by atoms with van der Waals surface area (Å²) in [5.74, 6) is 1.56. The van der Waals surface area contributed by atoms with E-state index in [0.717, 1.165) is 61.5 Å². The number of hydrogen-bond acceptors (Lipinski definition) is 7. The fourth-order valence-electron chi connectivity index (χ4n) is 5.24. The maximum atomic E-state index is 13.0. The van der Waals surface area contributed by atoms with Crippen molar-refractivity contribution >= 4 is 28.2 Å². The van der Waals surface area contributed by atoms with Crippen molar-refractivity contribution in [1.82, 2.24) is 20.4 Å². The number of aromatic nitrogens is 2. The van der Waals surface area contributed by atoms with E-state index in [0.29, 0.717) is 18.3 Å². The molecule has 2 aliphatic rings. The van der Waals surface area contributed by atoms with Crippen molar-refractivity contribution in [3.8, 4) is 5.75 Å². The maximum absolute atomic E-state index is 13.0. The van der Waals surface area contributed by atoms with Gasteiger partial charge in [-0.05, 0) is 57.1 Å².